The number of nitrogens with one attached hydrogen (secondary N) is 3. The third-order valence-corrected chi connectivity index (χ3v) is 5.72. The van der Waals surface area contributed by atoms with Gasteiger partial charge in [0.2, 0.25) is 0 Å². The molecule has 0 spiro atoms. The topological polar surface area (TPSA) is 78.4 Å². The highest BCUT2D eigenvalue weighted by Gasteiger charge is 2.12. The van der Waals surface area contributed by atoms with E-state index in [-0.39, 0.29) is 5.91 Å². The predicted molar refractivity (Wildman–Crippen MR) is 129 cm³/mol. The molecule has 164 valence electrons. The summed E-state index contributed by atoms with van der Waals surface area (Å²) < 4.78 is 0. The number of pyridine rings is 1. The standard InChI is InChI=1S/C25H26ClN5O/c1-16-9-18(3-4-23(16)26)14-30-24(32)22-12-19(15-31-25-28-7-8-29-25)11-21(13-22)20-5-6-27-17(2)10-20/h3-6,9-13H,7-8,14-15H2,1-2H3,(H,30,32)(H2,28,29,31). The van der Waals surface area contributed by atoms with E-state index >= 15 is 0 Å². The second kappa shape index (κ2) is 9.83. The molecule has 1 amide bonds. The predicted octanol–water partition coefficient (Wildman–Crippen LogP) is 4.00. The molecule has 3 aromatic rings. The van der Waals surface area contributed by atoms with E-state index in [0.717, 1.165) is 57.6 Å². The highest BCUT2D eigenvalue weighted by molar-refractivity contribution is 6.31. The molecule has 0 saturated carbocycles. The summed E-state index contributed by atoms with van der Waals surface area (Å²) in [4.78, 5) is 21.7. The van der Waals surface area contributed by atoms with Crippen molar-refractivity contribution in [1.29, 1.82) is 0 Å². The molecule has 32 heavy (non-hydrogen) atoms. The monoisotopic (exact) mass is 447 g/mol. The Kier molecular flexibility index (Phi) is 6.71. The fraction of sp³-hybridized carbons (Fsp3) is 0.240. The van der Waals surface area contributed by atoms with Crippen LogP contribution in [0.2, 0.25) is 5.02 Å². The summed E-state index contributed by atoms with van der Waals surface area (Å²) in [5.41, 5.74) is 6.54. The summed E-state index contributed by atoms with van der Waals surface area (Å²) >= 11 is 6.11. The first kappa shape index (κ1) is 21.8. The highest BCUT2D eigenvalue weighted by Crippen LogP contribution is 2.23. The van der Waals surface area contributed by atoms with Gasteiger partial charge in [-0.1, -0.05) is 23.7 Å². The van der Waals surface area contributed by atoms with Gasteiger partial charge in [-0.25, -0.2) is 0 Å². The second-order valence-electron chi connectivity index (χ2n) is 7.88. The molecule has 1 aromatic heterocycles. The molecule has 2 heterocycles. The van der Waals surface area contributed by atoms with Gasteiger partial charge < -0.3 is 16.0 Å². The number of halogens is 1. The molecule has 0 radical (unpaired) electrons. The van der Waals surface area contributed by atoms with Gasteiger partial charge in [-0.15, -0.1) is 0 Å². The first-order chi connectivity index (χ1) is 15.5. The van der Waals surface area contributed by atoms with Gasteiger partial charge in [0.25, 0.3) is 5.91 Å². The van der Waals surface area contributed by atoms with Crippen molar-refractivity contribution in [2.75, 3.05) is 13.1 Å². The lowest BCUT2D eigenvalue weighted by atomic mass is 9.99. The second-order valence-corrected chi connectivity index (χ2v) is 8.29. The van der Waals surface area contributed by atoms with Crippen LogP contribution in [0.3, 0.4) is 0 Å². The summed E-state index contributed by atoms with van der Waals surface area (Å²) in [6.45, 7) is 6.54. The van der Waals surface area contributed by atoms with Crippen LogP contribution in [-0.2, 0) is 13.1 Å². The normalized spacial score (nSPS) is 12.8. The van der Waals surface area contributed by atoms with Gasteiger partial charge in [-0.05, 0) is 78.1 Å². The first-order valence-electron chi connectivity index (χ1n) is 10.6. The maximum atomic E-state index is 13.0. The van der Waals surface area contributed by atoms with Gasteiger partial charge in [0.15, 0.2) is 5.96 Å². The minimum Gasteiger partial charge on any atom is -0.355 e. The van der Waals surface area contributed by atoms with Crippen molar-refractivity contribution < 1.29 is 4.79 Å². The Hall–Kier alpha value is -3.38. The van der Waals surface area contributed by atoms with Gasteiger partial charge in [0.05, 0.1) is 6.54 Å². The Morgan fingerprint density at radius 3 is 2.66 bits per heavy atom. The Morgan fingerprint density at radius 2 is 1.91 bits per heavy atom. The zero-order valence-corrected chi connectivity index (χ0v) is 19.0. The highest BCUT2D eigenvalue weighted by atomic mass is 35.5. The van der Waals surface area contributed by atoms with E-state index in [4.69, 9.17) is 11.6 Å². The van der Waals surface area contributed by atoms with E-state index in [1.807, 2.05) is 56.3 Å². The van der Waals surface area contributed by atoms with Crippen molar-refractivity contribution in [1.82, 2.24) is 20.9 Å². The van der Waals surface area contributed by atoms with E-state index in [2.05, 4.69) is 32.0 Å². The van der Waals surface area contributed by atoms with E-state index in [9.17, 15) is 4.79 Å². The maximum absolute atomic E-state index is 13.0. The number of hydrogen-bond acceptors (Lipinski definition) is 5. The van der Waals surface area contributed by atoms with E-state index in [0.29, 0.717) is 18.7 Å². The smallest absolute Gasteiger partial charge is 0.251 e. The molecule has 4 rings (SSSR count). The van der Waals surface area contributed by atoms with Gasteiger partial charge in [-0.2, -0.15) is 0 Å². The van der Waals surface area contributed by atoms with E-state index in [1.54, 1.807) is 6.20 Å². The van der Waals surface area contributed by atoms with Crippen molar-refractivity contribution >= 4 is 23.5 Å². The molecule has 0 unspecified atom stereocenters. The average Bonchev–Trinajstić information content (AvgIpc) is 3.32. The molecule has 7 heteroatoms. The molecule has 0 atom stereocenters. The summed E-state index contributed by atoms with van der Waals surface area (Å²) in [6, 6.07) is 15.7. The Bertz CT molecular complexity index is 1170. The number of aromatic nitrogens is 1. The zero-order valence-electron chi connectivity index (χ0n) is 18.2. The third-order valence-electron chi connectivity index (χ3n) is 5.29. The van der Waals surface area contributed by atoms with Crippen LogP contribution in [0, 0.1) is 13.8 Å². The number of carbonyl (C=O) groups excluding carboxylic acids is 1. The minimum absolute atomic E-state index is 0.122. The molecule has 3 N–H and O–H groups in total. The van der Waals surface area contributed by atoms with Crippen LogP contribution in [0.4, 0.5) is 0 Å². The fourth-order valence-electron chi connectivity index (χ4n) is 3.62. The van der Waals surface area contributed by atoms with Crippen LogP contribution in [0.25, 0.3) is 11.1 Å². The molecular formula is C25H26ClN5O. The van der Waals surface area contributed by atoms with Crippen LogP contribution >= 0.6 is 11.6 Å². The van der Waals surface area contributed by atoms with E-state index < -0.39 is 0 Å². The zero-order chi connectivity index (χ0) is 22.5. The van der Waals surface area contributed by atoms with Crippen LogP contribution in [0.15, 0.2) is 59.7 Å². The van der Waals surface area contributed by atoms with Crippen LogP contribution < -0.4 is 16.0 Å². The number of aryl methyl sites for hydroxylation is 2. The van der Waals surface area contributed by atoms with Crippen molar-refractivity contribution in [2.45, 2.75) is 26.9 Å². The number of benzene rings is 2. The first-order valence-corrected chi connectivity index (χ1v) is 11.0. The lowest BCUT2D eigenvalue weighted by Crippen LogP contribution is -2.33. The summed E-state index contributed by atoms with van der Waals surface area (Å²) in [5.74, 6) is 0.669. The lowest BCUT2D eigenvalue weighted by molar-refractivity contribution is 0.0951. The van der Waals surface area contributed by atoms with Crippen molar-refractivity contribution in [3.8, 4) is 11.1 Å². The summed E-state index contributed by atoms with van der Waals surface area (Å²) in [7, 11) is 0. The van der Waals surface area contributed by atoms with Gasteiger partial charge >= 0.3 is 0 Å². The van der Waals surface area contributed by atoms with Crippen molar-refractivity contribution in [3.05, 3.63) is 87.7 Å². The number of nitrogens with zero attached hydrogens (tertiary/aromatic N) is 2. The number of aliphatic imine (C=N–C) groups is 1. The third kappa shape index (κ3) is 5.45. The van der Waals surface area contributed by atoms with Gasteiger partial charge in [0, 0.05) is 42.1 Å². The van der Waals surface area contributed by atoms with Crippen LogP contribution in [-0.4, -0.2) is 29.9 Å². The van der Waals surface area contributed by atoms with Crippen LogP contribution in [0.1, 0.15) is 32.7 Å². The fourth-order valence-corrected chi connectivity index (χ4v) is 3.74. The minimum atomic E-state index is -0.122. The van der Waals surface area contributed by atoms with E-state index in [1.165, 1.54) is 0 Å². The van der Waals surface area contributed by atoms with Crippen molar-refractivity contribution in [2.24, 2.45) is 4.99 Å². The molecule has 0 fully saturated rings. The number of hydrogen-bond donors (Lipinski definition) is 3. The van der Waals surface area contributed by atoms with Crippen molar-refractivity contribution in [3.63, 3.8) is 0 Å². The Morgan fingerprint density at radius 1 is 1.03 bits per heavy atom. The summed E-state index contributed by atoms with van der Waals surface area (Å²) in [5, 5.41) is 10.3. The number of carbonyl (C=O) groups is 1. The largest absolute Gasteiger partial charge is 0.355 e. The lowest BCUT2D eigenvalue weighted by Gasteiger charge is -2.13. The number of rotatable bonds is 6. The molecular weight excluding hydrogens is 422 g/mol. The van der Waals surface area contributed by atoms with Crippen LogP contribution in [0.5, 0.6) is 0 Å². The summed E-state index contributed by atoms with van der Waals surface area (Å²) in [6.07, 6.45) is 1.79. The Labute approximate surface area is 193 Å². The quantitative estimate of drug-likeness (QED) is 0.533. The molecule has 0 saturated heterocycles. The molecule has 0 aliphatic carbocycles. The molecule has 1 aliphatic rings. The molecule has 2 aromatic carbocycles. The molecule has 6 nitrogen and oxygen atoms in total. The Balaban J connectivity index is 1.57. The SMILES string of the molecule is Cc1cc(-c2cc(CNC3=NCCN3)cc(C(=O)NCc3ccc(Cl)c(C)c3)c2)ccn1. The van der Waals surface area contributed by atoms with Gasteiger partial charge in [0.1, 0.15) is 0 Å². The molecule has 1 aliphatic heterocycles. The number of guanidine groups is 1. The maximum Gasteiger partial charge on any atom is 0.251 e. The average molecular weight is 448 g/mol. The number of amides is 1. The van der Waals surface area contributed by atoms with Gasteiger partial charge in [-0.3, -0.25) is 14.8 Å². The molecule has 0 bridgehead atoms.